The second kappa shape index (κ2) is 8.39. The third-order valence-corrected chi connectivity index (χ3v) is 4.85. The minimum Gasteiger partial charge on any atom is -0.366 e. The van der Waals surface area contributed by atoms with Crippen LogP contribution >= 0.6 is 11.6 Å². The molecule has 0 radical (unpaired) electrons. The topological polar surface area (TPSA) is 52.7 Å². The Labute approximate surface area is 162 Å². The molecule has 0 saturated carbocycles. The molecule has 1 fully saturated rings. The SMILES string of the molecule is Cc1ccc(Cl)cc1NC(=O)CC(=O)N1CCN(c2ccccc2F)CC1. The quantitative estimate of drug-likeness (QED) is 0.815. The summed E-state index contributed by atoms with van der Waals surface area (Å²) in [5.41, 5.74) is 2.02. The molecule has 1 N–H and O–H groups in total. The van der Waals surface area contributed by atoms with Crippen molar-refractivity contribution in [2.45, 2.75) is 13.3 Å². The predicted octanol–water partition coefficient (Wildman–Crippen LogP) is 3.46. The van der Waals surface area contributed by atoms with Crippen LogP contribution in [0.4, 0.5) is 15.8 Å². The van der Waals surface area contributed by atoms with Crippen LogP contribution in [0.1, 0.15) is 12.0 Å². The number of para-hydroxylation sites is 1. The maximum Gasteiger partial charge on any atom is 0.233 e. The Morgan fingerprint density at radius 2 is 1.81 bits per heavy atom. The monoisotopic (exact) mass is 389 g/mol. The second-order valence-electron chi connectivity index (χ2n) is 6.50. The lowest BCUT2D eigenvalue weighted by Gasteiger charge is -2.36. The molecule has 1 aliphatic rings. The summed E-state index contributed by atoms with van der Waals surface area (Å²) in [5, 5.41) is 3.25. The summed E-state index contributed by atoms with van der Waals surface area (Å²) in [6.07, 6.45) is -0.231. The number of carbonyl (C=O) groups excluding carboxylic acids is 2. The summed E-state index contributed by atoms with van der Waals surface area (Å²) >= 11 is 5.95. The van der Waals surface area contributed by atoms with Gasteiger partial charge >= 0.3 is 0 Å². The van der Waals surface area contributed by atoms with Crippen LogP contribution in [0.15, 0.2) is 42.5 Å². The van der Waals surface area contributed by atoms with Gasteiger partial charge in [0.2, 0.25) is 11.8 Å². The van der Waals surface area contributed by atoms with Gasteiger partial charge in [0.1, 0.15) is 12.2 Å². The van der Waals surface area contributed by atoms with Crippen molar-refractivity contribution in [1.82, 2.24) is 4.90 Å². The van der Waals surface area contributed by atoms with Gasteiger partial charge in [0.25, 0.3) is 0 Å². The number of anilines is 2. The summed E-state index contributed by atoms with van der Waals surface area (Å²) in [5.74, 6) is -0.879. The molecule has 0 aromatic heterocycles. The number of nitrogens with one attached hydrogen (secondary N) is 1. The van der Waals surface area contributed by atoms with Gasteiger partial charge in [-0.25, -0.2) is 4.39 Å². The first kappa shape index (κ1) is 19.2. The van der Waals surface area contributed by atoms with Crippen LogP contribution in [0.25, 0.3) is 0 Å². The number of piperazine rings is 1. The summed E-state index contributed by atoms with van der Waals surface area (Å²) in [7, 11) is 0. The molecule has 0 unspecified atom stereocenters. The largest absolute Gasteiger partial charge is 0.366 e. The maximum absolute atomic E-state index is 13.9. The van der Waals surface area contributed by atoms with Crippen LogP contribution in [0, 0.1) is 12.7 Å². The molecular formula is C20H21ClFN3O2. The van der Waals surface area contributed by atoms with Gasteiger partial charge in [0.05, 0.1) is 5.69 Å². The van der Waals surface area contributed by atoms with E-state index in [1.165, 1.54) is 6.07 Å². The molecule has 27 heavy (non-hydrogen) atoms. The van der Waals surface area contributed by atoms with Crippen LogP contribution in [0.2, 0.25) is 5.02 Å². The van der Waals surface area contributed by atoms with E-state index >= 15 is 0 Å². The number of nitrogens with zero attached hydrogens (tertiary/aromatic N) is 2. The normalized spacial score (nSPS) is 14.2. The van der Waals surface area contributed by atoms with Gasteiger partial charge in [0, 0.05) is 36.9 Å². The van der Waals surface area contributed by atoms with Crippen LogP contribution < -0.4 is 10.2 Å². The molecule has 0 atom stereocenters. The number of halogens is 2. The van der Waals surface area contributed by atoms with Crippen LogP contribution in [0.3, 0.4) is 0 Å². The van der Waals surface area contributed by atoms with Crippen molar-refractivity contribution >= 4 is 34.8 Å². The van der Waals surface area contributed by atoms with Gasteiger partial charge in [-0.15, -0.1) is 0 Å². The standard InChI is InChI=1S/C20H21ClFN3O2/c1-14-6-7-15(21)12-17(14)23-19(26)13-20(27)25-10-8-24(9-11-25)18-5-3-2-4-16(18)22/h2-7,12H,8-11,13H2,1H3,(H,23,26). The van der Waals surface area contributed by atoms with E-state index in [9.17, 15) is 14.0 Å². The first-order chi connectivity index (χ1) is 12.9. The molecule has 1 heterocycles. The van der Waals surface area contributed by atoms with Gasteiger partial charge in [-0.3, -0.25) is 9.59 Å². The summed E-state index contributed by atoms with van der Waals surface area (Å²) in [6, 6.07) is 11.8. The molecule has 2 aromatic carbocycles. The first-order valence-corrected chi connectivity index (χ1v) is 9.15. The number of carbonyl (C=O) groups is 2. The van der Waals surface area contributed by atoms with Crippen molar-refractivity contribution in [3.63, 3.8) is 0 Å². The number of amides is 2. The number of rotatable bonds is 4. The number of aryl methyl sites for hydroxylation is 1. The van der Waals surface area contributed by atoms with E-state index in [0.717, 1.165) is 5.56 Å². The highest BCUT2D eigenvalue weighted by molar-refractivity contribution is 6.31. The molecular weight excluding hydrogens is 369 g/mol. The lowest BCUT2D eigenvalue weighted by Crippen LogP contribution is -2.49. The molecule has 5 nitrogen and oxygen atoms in total. The fourth-order valence-corrected chi connectivity index (χ4v) is 3.25. The van der Waals surface area contributed by atoms with Crippen molar-refractivity contribution in [3.8, 4) is 0 Å². The number of hydrogen-bond donors (Lipinski definition) is 1. The van der Waals surface area contributed by atoms with Crippen LogP contribution in [-0.4, -0.2) is 42.9 Å². The van der Waals surface area contributed by atoms with Crippen molar-refractivity contribution in [1.29, 1.82) is 0 Å². The average Bonchev–Trinajstić information content (AvgIpc) is 2.65. The molecule has 7 heteroatoms. The maximum atomic E-state index is 13.9. The van der Waals surface area contributed by atoms with Gasteiger partial charge in [-0.2, -0.15) is 0 Å². The zero-order chi connectivity index (χ0) is 19.4. The zero-order valence-electron chi connectivity index (χ0n) is 15.0. The fourth-order valence-electron chi connectivity index (χ4n) is 3.08. The molecule has 3 rings (SSSR count). The molecule has 2 amide bonds. The Balaban J connectivity index is 1.53. The first-order valence-electron chi connectivity index (χ1n) is 8.77. The minimum absolute atomic E-state index is 0.231. The highest BCUT2D eigenvalue weighted by Crippen LogP contribution is 2.22. The molecule has 1 aliphatic heterocycles. The summed E-state index contributed by atoms with van der Waals surface area (Å²) in [4.78, 5) is 28.2. The van der Waals surface area contributed by atoms with E-state index in [1.54, 1.807) is 35.2 Å². The molecule has 0 aliphatic carbocycles. The molecule has 142 valence electrons. The van der Waals surface area contributed by atoms with E-state index in [4.69, 9.17) is 11.6 Å². The molecule has 2 aromatic rings. The smallest absolute Gasteiger partial charge is 0.233 e. The second-order valence-corrected chi connectivity index (χ2v) is 6.94. The van der Waals surface area contributed by atoms with E-state index in [1.807, 2.05) is 17.9 Å². The van der Waals surface area contributed by atoms with Crippen molar-refractivity contribution < 1.29 is 14.0 Å². The Bertz CT molecular complexity index is 851. The Hall–Kier alpha value is -2.60. The van der Waals surface area contributed by atoms with E-state index in [2.05, 4.69) is 5.32 Å². The minimum atomic E-state index is -0.373. The van der Waals surface area contributed by atoms with E-state index in [0.29, 0.717) is 42.6 Å². The lowest BCUT2D eigenvalue weighted by molar-refractivity contribution is -0.134. The Kier molecular flexibility index (Phi) is 5.96. The van der Waals surface area contributed by atoms with Gasteiger partial charge in [-0.1, -0.05) is 29.8 Å². The lowest BCUT2D eigenvalue weighted by atomic mass is 10.2. The summed E-state index contributed by atoms with van der Waals surface area (Å²) < 4.78 is 13.9. The summed E-state index contributed by atoms with van der Waals surface area (Å²) in [6.45, 7) is 3.83. The van der Waals surface area contributed by atoms with Crippen LogP contribution in [-0.2, 0) is 9.59 Å². The molecule has 0 spiro atoms. The third-order valence-electron chi connectivity index (χ3n) is 4.61. The number of hydrogen-bond acceptors (Lipinski definition) is 3. The van der Waals surface area contributed by atoms with Crippen molar-refractivity contribution in [2.75, 3.05) is 36.4 Å². The van der Waals surface area contributed by atoms with E-state index < -0.39 is 0 Å². The van der Waals surface area contributed by atoms with Crippen LogP contribution in [0.5, 0.6) is 0 Å². The van der Waals surface area contributed by atoms with E-state index in [-0.39, 0.29) is 24.1 Å². The Morgan fingerprint density at radius 3 is 2.52 bits per heavy atom. The predicted molar refractivity (Wildman–Crippen MR) is 105 cm³/mol. The highest BCUT2D eigenvalue weighted by atomic mass is 35.5. The molecule has 1 saturated heterocycles. The Morgan fingerprint density at radius 1 is 1.11 bits per heavy atom. The molecule has 0 bridgehead atoms. The zero-order valence-corrected chi connectivity index (χ0v) is 15.8. The van der Waals surface area contributed by atoms with Gasteiger partial charge in [-0.05, 0) is 36.8 Å². The van der Waals surface area contributed by atoms with Gasteiger partial charge < -0.3 is 15.1 Å². The van der Waals surface area contributed by atoms with Gasteiger partial charge in [0.15, 0.2) is 0 Å². The fraction of sp³-hybridized carbons (Fsp3) is 0.300. The van der Waals surface area contributed by atoms with Crippen molar-refractivity contribution in [3.05, 3.63) is 58.9 Å². The van der Waals surface area contributed by atoms with Crippen molar-refractivity contribution in [2.24, 2.45) is 0 Å². The average molecular weight is 390 g/mol. The highest BCUT2D eigenvalue weighted by Gasteiger charge is 2.24. The third kappa shape index (κ3) is 4.77. The number of benzene rings is 2.